The number of hydrogen-bond donors (Lipinski definition) is 1. The van der Waals surface area contributed by atoms with Gasteiger partial charge in [0, 0.05) is 11.9 Å². The van der Waals surface area contributed by atoms with Crippen LogP contribution in [0, 0.1) is 6.92 Å². The van der Waals surface area contributed by atoms with Gasteiger partial charge < -0.3 is 14.6 Å². The minimum Gasteiger partial charge on any atom is -0.505 e. The maximum Gasteiger partial charge on any atom is 0.301 e. The number of nitrogens with zero attached hydrogens (tertiary/aromatic N) is 5. The third-order valence-electron chi connectivity index (χ3n) is 8.25. The highest BCUT2D eigenvalue weighted by atomic mass is 32.2. The van der Waals surface area contributed by atoms with E-state index in [1.807, 2.05) is 50.2 Å². The van der Waals surface area contributed by atoms with Gasteiger partial charge in [0.15, 0.2) is 21.6 Å². The minimum absolute atomic E-state index is 0.0800. The summed E-state index contributed by atoms with van der Waals surface area (Å²) < 4.78 is 14.2. The monoisotopic (exact) mass is 691 g/mol. The molecule has 1 fully saturated rings. The highest BCUT2D eigenvalue weighted by Gasteiger charge is 2.49. The summed E-state index contributed by atoms with van der Waals surface area (Å²) in [4.78, 5) is 33.8. The van der Waals surface area contributed by atoms with Crippen molar-refractivity contribution in [2.24, 2.45) is 0 Å². The quantitative estimate of drug-likeness (QED) is 0.0478. The normalized spacial score (nSPS) is 15.8. The fourth-order valence-corrected chi connectivity index (χ4v) is 7.95. The smallest absolute Gasteiger partial charge is 0.301 e. The lowest BCUT2D eigenvalue weighted by atomic mass is 9.96. The molecule has 1 aliphatic heterocycles. The lowest BCUT2D eigenvalue weighted by molar-refractivity contribution is -0.132. The second kappa shape index (κ2) is 13.7. The number of aliphatic hydroxyl groups excluding tert-OH is 1. The van der Waals surface area contributed by atoms with E-state index in [0.29, 0.717) is 57.4 Å². The highest BCUT2D eigenvalue weighted by molar-refractivity contribution is 8.00. The van der Waals surface area contributed by atoms with Gasteiger partial charge in [0.2, 0.25) is 5.13 Å². The summed E-state index contributed by atoms with van der Waals surface area (Å²) in [5.41, 5.74) is 3.05. The fourth-order valence-electron chi connectivity index (χ4n) is 6.08. The summed E-state index contributed by atoms with van der Waals surface area (Å²) in [6.07, 6.45) is 2.57. The van der Waals surface area contributed by atoms with Gasteiger partial charge in [0.1, 0.15) is 11.3 Å². The number of ketones is 1. The van der Waals surface area contributed by atoms with Crippen LogP contribution in [0.15, 0.2) is 95.0 Å². The number of aryl methyl sites for hydroxylation is 1. The molecule has 0 saturated carbocycles. The predicted molar refractivity (Wildman–Crippen MR) is 192 cm³/mol. The Hall–Kier alpha value is -5.20. The zero-order valence-electron chi connectivity index (χ0n) is 27.1. The van der Waals surface area contributed by atoms with Crippen LogP contribution in [0.2, 0.25) is 0 Å². The Morgan fingerprint density at radius 3 is 2.61 bits per heavy atom. The zero-order chi connectivity index (χ0) is 34.1. The van der Waals surface area contributed by atoms with Crippen LogP contribution in [0.25, 0.3) is 22.2 Å². The van der Waals surface area contributed by atoms with E-state index in [1.165, 1.54) is 28.0 Å². The maximum atomic E-state index is 14.0. The first-order chi connectivity index (χ1) is 23.9. The molecule has 6 aromatic rings. The molecule has 0 aliphatic carbocycles. The molecule has 1 unspecified atom stereocenters. The van der Waals surface area contributed by atoms with Crippen LogP contribution in [0.3, 0.4) is 0 Å². The molecular formula is C37H33N5O5S2. The second-order valence-electron chi connectivity index (χ2n) is 11.4. The van der Waals surface area contributed by atoms with Crippen LogP contribution in [0.4, 0.5) is 5.13 Å². The predicted octanol–water partition coefficient (Wildman–Crippen LogP) is 7.75. The number of pyridine rings is 1. The molecule has 12 heteroatoms. The van der Waals surface area contributed by atoms with E-state index in [2.05, 4.69) is 39.4 Å². The van der Waals surface area contributed by atoms with Gasteiger partial charge >= 0.3 is 5.91 Å². The van der Waals surface area contributed by atoms with Crippen molar-refractivity contribution < 1.29 is 24.2 Å². The molecular weight excluding hydrogens is 659 g/mol. The van der Waals surface area contributed by atoms with Gasteiger partial charge in [-0.3, -0.25) is 18.9 Å². The third-order valence-corrected chi connectivity index (χ3v) is 10.4. The van der Waals surface area contributed by atoms with Crippen LogP contribution in [0.5, 0.6) is 11.5 Å². The number of benzene rings is 3. The number of ether oxygens (including phenoxy) is 2. The van der Waals surface area contributed by atoms with Gasteiger partial charge in [-0.1, -0.05) is 84.6 Å². The number of aromatic nitrogens is 4. The van der Waals surface area contributed by atoms with Crippen LogP contribution in [0.1, 0.15) is 48.8 Å². The zero-order valence-corrected chi connectivity index (χ0v) is 28.8. The largest absolute Gasteiger partial charge is 0.505 e. The van der Waals surface area contributed by atoms with Crippen LogP contribution >= 0.6 is 23.1 Å². The standard InChI is InChI=1S/C37H33N5O5S2/c1-4-19-47-27-17-16-24(20-28(27)46-5-2)32-30(33(43)31-22(3)38-29-15-8-9-18-41(29)31)34(44)35(45)42(32)36-39-40-37(49-36)48-21-25-13-10-12-23-11-6-7-14-26(23)25/h6-18,20,32,43H,4-5,19,21H2,1-3H3. The molecule has 1 saturated heterocycles. The van der Waals surface area contributed by atoms with Crippen molar-refractivity contribution in [1.82, 2.24) is 19.6 Å². The van der Waals surface area contributed by atoms with E-state index in [9.17, 15) is 14.7 Å². The Kier molecular flexibility index (Phi) is 9.07. The summed E-state index contributed by atoms with van der Waals surface area (Å²) in [6, 6.07) is 24.1. The number of rotatable bonds is 11. The Bertz CT molecular complexity index is 2240. The lowest BCUT2D eigenvalue weighted by Crippen LogP contribution is -2.29. The number of aliphatic hydroxyl groups is 1. The Morgan fingerprint density at radius 1 is 0.959 bits per heavy atom. The molecule has 1 atom stereocenters. The topological polar surface area (TPSA) is 119 Å². The van der Waals surface area contributed by atoms with Gasteiger partial charge in [0.05, 0.1) is 30.5 Å². The molecule has 1 aliphatic rings. The molecule has 7 rings (SSSR count). The van der Waals surface area contributed by atoms with Gasteiger partial charge in [0.25, 0.3) is 5.78 Å². The van der Waals surface area contributed by atoms with Gasteiger partial charge in [-0.25, -0.2) is 4.98 Å². The second-order valence-corrected chi connectivity index (χ2v) is 13.6. The summed E-state index contributed by atoms with van der Waals surface area (Å²) >= 11 is 2.73. The lowest BCUT2D eigenvalue weighted by Gasteiger charge is -2.23. The molecule has 0 bridgehead atoms. The maximum absolute atomic E-state index is 14.0. The van der Waals surface area contributed by atoms with Crippen molar-refractivity contribution in [1.29, 1.82) is 0 Å². The van der Waals surface area contributed by atoms with E-state index in [4.69, 9.17) is 9.47 Å². The van der Waals surface area contributed by atoms with Crippen molar-refractivity contribution in [2.75, 3.05) is 18.1 Å². The van der Waals surface area contributed by atoms with Crippen molar-refractivity contribution >= 4 is 62.1 Å². The summed E-state index contributed by atoms with van der Waals surface area (Å²) in [5, 5.41) is 23.3. The van der Waals surface area contributed by atoms with Crippen LogP contribution in [-0.2, 0) is 15.3 Å². The third kappa shape index (κ3) is 6.02. The minimum atomic E-state index is -1.03. The number of carbonyl (C=O) groups is 2. The number of carbonyl (C=O) groups excluding carboxylic acids is 2. The number of fused-ring (bicyclic) bond motifs is 2. The van der Waals surface area contributed by atoms with Crippen LogP contribution < -0.4 is 14.4 Å². The first kappa shape index (κ1) is 32.4. The van der Waals surface area contributed by atoms with E-state index in [1.54, 1.807) is 35.7 Å². The number of imidazole rings is 1. The average Bonchev–Trinajstić information content (AvgIpc) is 3.79. The number of hydrogen-bond acceptors (Lipinski definition) is 10. The van der Waals surface area contributed by atoms with E-state index >= 15 is 0 Å². The number of Topliss-reactive ketones (excluding diaryl/α,β-unsaturated/α-hetero) is 1. The van der Waals surface area contributed by atoms with E-state index in [-0.39, 0.29) is 16.5 Å². The molecule has 0 spiro atoms. The Balaban J connectivity index is 1.32. The van der Waals surface area contributed by atoms with Crippen molar-refractivity contribution in [3.63, 3.8) is 0 Å². The average molecular weight is 692 g/mol. The summed E-state index contributed by atoms with van der Waals surface area (Å²) in [6.45, 7) is 6.51. The number of amides is 1. The molecule has 3 aromatic heterocycles. The van der Waals surface area contributed by atoms with Crippen LogP contribution in [-0.4, -0.2) is 49.6 Å². The molecule has 10 nitrogen and oxygen atoms in total. The molecule has 1 N–H and O–H groups in total. The van der Waals surface area contributed by atoms with Crippen molar-refractivity contribution in [2.45, 2.75) is 43.3 Å². The molecule has 4 heterocycles. The summed E-state index contributed by atoms with van der Waals surface area (Å²) in [7, 11) is 0. The molecule has 248 valence electrons. The van der Waals surface area contributed by atoms with Crippen molar-refractivity contribution in [3.8, 4) is 11.5 Å². The van der Waals surface area contributed by atoms with Gasteiger partial charge in [-0.2, -0.15) is 0 Å². The van der Waals surface area contributed by atoms with Crippen molar-refractivity contribution in [3.05, 3.63) is 113 Å². The SMILES string of the molecule is CCCOc1ccc(C2C(=C(O)c3c(C)nc4ccccn34)C(=O)C(=O)N2c2nnc(SCc3cccc4ccccc34)s2)cc1OCC. The first-order valence-electron chi connectivity index (χ1n) is 16.0. The van der Waals surface area contributed by atoms with E-state index < -0.39 is 17.7 Å². The number of thioether (sulfide) groups is 1. The number of anilines is 1. The van der Waals surface area contributed by atoms with E-state index in [0.717, 1.165) is 22.8 Å². The Labute approximate surface area is 291 Å². The molecule has 49 heavy (non-hydrogen) atoms. The molecule has 0 radical (unpaired) electrons. The fraction of sp³-hybridized carbons (Fsp3) is 0.216. The van der Waals surface area contributed by atoms with Gasteiger partial charge in [-0.15, -0.1) is 10.2 Å². The highest BCUT2D eigenvalue weighted by Crippen LogP contribution is 2.46. The molecule has 1 amide bonds. The Morgan fingerprint density at radius 2 is 1.78 bits per heavy atom. The first-order valence-corrected chi connectivity index (χ1v) is 17.8. The molecule has 3 aromatic carbocycles. The summed E-state index contributed by atoms with van der Waals surface area (Å²) in [5.74, 6) is -0.329. The van der Waals surface area contributed by atoms with Gasteiger partial charge in [-0.05, 0) is 66.4 Å².